The molecule has 0 bridgehead atoms. The molecule has 2 aromatic carbocycles. The Morgan fingerprint density at radius 2 is 1.00 bits per heavy atom. The molecule has 2 aromatic heterocycles. The third-order valence-electron chi connectivity index (χ3n) is 8.22. The van der Waals surface area contributed by atoms with Crippen LogP contribution in [0.4, 0.5) is 11.4 Å². The van der Waals surface area contributed by atoms with Crippen molar-refractivity contribution in [3.63, 3.8) is 0 Å². The molecule has 7 heteroatoms. The van der Waals surface area contributed by atoms with Gasteiger partial charge in [-0.3, -0.25) is 14.9 Å². The van der Waals surface area contributed by atoms with Crippen LogP contribution in [0, 0.1) is 0 Å². The summed E-state index contributed by atoms with van der Waals surface area (Å²) in [5, 5.41) is 10.9. The summed E-state index contributed by atoms with van der Waals surface area (Å²) in [6, 6.07) is 15.9. The van der Waals surface area contributed by atoms with Crippen LogP contribution in [0.5, 0.6) is 0 Å². The molecule has 0 aliphatic heterocycles. The lowest BCUT2D eigenvalue weighted by molar-refractivity contribution is 0.286. The van der Waals surface area contributed by atoms with Gasteiger partial charge in [-0.2, -0.15) is 0 Å². The molecule has 0 saturated carbocycles. The maximum absolute atomic E-state index is 6.19. The van der Waals surface area contributed by atoms with Crippen LogP contribution in [0.25, 0.3) is 21.8 Å². The Bertz CT molecular complexity index is 1290. The van der Waals surface area contributed by atoms with E-state index in [-0.39, 0.29) is 0 Å². The third-order valence-corrected chi connectivity index (χ3v) is 8.69. The van der Waals surface area contributed by atoms with E-state index in [4.69, 9.17) is 23.2 Å². The molecule has 0 aliphatic rings. The van der Waals surface area contributed by atoms with E-state index in [9.17, 15) is 0 Å². The molecule has 5 nitrogen and oxygen atoms in total. The van der Waals surface area contributed by atoms with Crippen molar-refractivity contribution in [3.8, 4) is 0 Å². The van der Waals surface area contributed by atoms with Crippen molar-refractivity contribution in [3.05, 3.63) is 71.0 Å². The van der Waals surface area contributed by atoms with Gasteiger partial charge in [-0.15, -0.1) is 0 Å². The number of benzene rings is 2. The number of halogens is 2. The van der Waals surface area contributed by atoms with E-state index in [0.717, 1.165) is 65.9 Å². The number of hydrogen-bond donors (Lipinski definition) is 2. The number of unbranched alkanes of at least 4 members (excludes halogenated alkanes) is 11. The quantitative estimate of drug-likeness (QED) is 0.0906. The van der Waals surface area contributed by atoms with Gasteiger partial charge in [-0.25, -0.2) is 0 Å². The van der Waals surface area contributed by atoms with Crippen LogP contribution in [0.1, 0.15) is 84.0 Å². The molecule has 0 unspecified atom stereocenters. The molecule has 0 fully saturated rings. The molecule has 0 radical (unpaired) electrons. The maximum Gasteiger partial charge on any atom is 0.0737 e. The van der Waals surface area contributed by atoms with E-state index in [0.29, 0.717) is 10.0 Å². The lowest BCUT2D eigenvalue weighted by atomic mass is 10.1. The maximum atomic E-state index is 6.19. The van der Waals surface area contributed by atoms with Crippen molar-refractivity contribution in [2.24, 2.45) is 0 Å². The van der Waals surface area contributed by atoms with Crippen LogP contribution in [-0.2, 0) is 0 Å². The van der Waals surface area contributed by atoms with Gasteiger partial charge in [0.15, 0.2) is 0 Å². The zero-order valence-corrected chi connectivity index (χ0v) is 27.4. The first-order valence-electron chi connectivity index (χ1n) is 16.4. The molecule has 0 aliphatic carbocycles. The number of pyridine rings is 2. The van der Waals surface area contributed by atoms with Gasteiger partial charge in [-0.05, 0) is 61.5 Å². The summed E-state index contributed by atoms with van der Waals surface area (Å²) < 4.78 is 0. The van der Waals surface area contributed by atoms with E-state index in [2.05, 4.69) is 32.4 Å². The van der Waals surface area contributed by atoms with E-state index < -0.39 is 0 Å². The predicted molar refractivity (Wildman–Crippen MR) is 188 cm³/mol. The van der Waals surface area contributed by atoms with E-state index in [1.165, 1.54) is 77.0 Å². The van der Waals surface area contributed by atoms with Crippen LogP contribution < -0.4 is 10.6 Å². The van der Waals surface area contributed by atoms with Crippen LogP contribution in [0.2, 0.25) is 10.0 Å². The van der Waals surface area contributed by atoms with Crippen LogP contribution in [0.15, 0.2) is 60.9 Å². The molecule has 2 N–H and O–H groups in total. The molecule has 43 heavy (non-hydrogen) atoms. The summed E-state index contributed by atoms with van der Waals surface area (Å²) >= 11 is 12.4. The number of rotatable bonds is 21. The highest BCUT2D eigenvalue weighted by atomic mass is 35.5. The normalized spacial score (nSPS) is 11.5. The minimum atomic E-state index is 0.711. The molecular weight excluding hydrogens is 573 g/mol. The van der Waals surface area contributed by atoms with Gasteiger partial charge in [0.1, 0.15) is 0 Å². The summed E-state index contributed by atoms with van der Waals surface area (Å²) in [6.45, 7) is 7.09. The summed E-state index contributed by atoms with van der Waals surface area (Å²) in [6.07, 6.45) is 20.2. The zero-order valence-electron chi connectivity index (χ0n) is 25.9. The topological polar surface area (TPSA) is 53.1 Å². The second-order valence-electron chi connectivity index (χ2n) is 11.6. The van der Waals surface area contributed by atoms with E-state index >= 15 is 0 Å². The molecule has 4 rings (SSSR count). The number of fused-ring (bicyclic) bond motifs is 2. The molecule has 0 amide bonds. The zero-order chi connectivity index (χ0) is 30.1. The summed E-state index contributed by atoms with van der Waals surface area (Å²) in [5.41, 5.74) is 4.04. The first-order valence-corrected chi connectivity index (χ1v) is 17.2. The first-order chi connectivity index (χ1) is 21.1. The molecule has 0 atom stereocenters. The highest BCUT2D eigenvalue weighted by Gasteiger charge is 2.08. The Morgan fingerprint density at radius 3 is 1.47 bits per heavy atom. The predicted octanol–water partition coefficient (Wildman–Crippen LogP) is 10.6. The summed E-state index contributed by atoms with van der Waals surface area (Å²) in [4.78, 5) is 11.5. The van der Waals surface area contributed by atoms with E-state index in [1.54, 1.807) is 0 Å². The largest absolute Gasteiger partial charge is 0.383 e. The Kier molecular flexibility index (Phi) is 14.7. The SMILES string of the molecule is CCCCCCCCCCCCCCN(CCNc1ccnc2cc(Cl)ccc12)CCNc1ccnc2cc(Cl)ccc12. The molecule has 4 aromatic rings. The second kappa shape index (κ2) is 18.9. The minimum absolute atomic E-state index is 0.711. The van der Waals surface area contributed by atoms with Gasteiger partial charge in [0.25, 0.3) is 0 Å². The number of nitrogens with zero attached hydrogens (tertiary/aromatic N) is 3. The fraction of sp³-hybridized carbons (Fsp3) is 0.500. The van der Waals surface area contributed by atoms with Crippen molar-refractivity contribution in [2.75, 3.05) is 43.4 Å². The Labute approximate surface area is 268 Å². The van der Waals surface area contributed by atoms with Crippen molar-refractivity contribution in [1.82, 2.24) is 14.9 Å². The van der Waals surface area contributed by atoms with Gasteiger partial charge in [0, 0.05) is 70.8 Å². The monoisotopic (exact) mass is 621 g/mol. The lowest BCUT2D eigenvalue weighted by Crippen LogP contribution is -2.34. The first kappa shape index (κ1) is 33.3. The minimum Gasteiger partial charge on any atom is -0.383 e. The van der Waals surface area contributed by atoms with Gasteiger partial charge < -0.3 is 10.6 Å². The smallest absolute Gasteiger partial charge is 0.0737 e. The number of anilines is 2. The molecular formula is C36H49Cl2N5. The van der Waals surface area contributed by atoms with Crippen molar-refractivity contribution in [1.29, 1.82) is 0 Å². The number of aromatic nitrogens is 2. The highest BCUT2D eigenvalue weighted by Crippen LogP contribution is 2.25. The molecule has 0 saturated heterocycles. The average molecular weight is 623 g/mol. The summed E-state index contributed by atoms with van der Waals surface area (Å²) in [7, 11) is 0. The van der Waals surface area contributed by atoms with Crippen molar-refractivity contribution in [2.45, 2.75) is 84.0 Å². The third kappa shape index (κ3) is 11.4. The van der Waals surface area contributed by atoms with Crippen LogP contribution in [0.3, 0.4) is 0 Å². The number of nitrogens with one attached hydrogen (secondary N) is 2. The fourth-order valence-corrected chi connectivity index (χ4v) is 6.09. The van der Waals surface area contributed by atoms with Gasteiger partial charge in [-0.1, -0.05) is 101 Å². The Hall–Kier alpha value is -2.60. The second-order valence-corrected chi connectivity index (χ2v) is 12.5. The Balaban J connectivity index is 1.23. The number of hydrogen-bond acceptors (Lipinski definition) is 5. The molecule has 0 spiro atoms. The molecule has 232 valence electrons. The average Bonchev–Trinajstić information content (AvgIpc) is 3.01. The Morgan fingerprint density at radius 1 is 0.558 bits per heavy atom. The fourth-order valence-electron chi connectivity index (χ4n) is 5.76. The lowest BCUT2D eigenvalue weighted by Gasteiger charge is -2.23. The highest BCUT2D eigenvalue weighted by molar-refractivity contribution is 6.31. The van der Waals surface area contributed by atoms with Gasteiger partial charge in [0.05, 0.1) is 11.0 Å². The van der Waals surface area contributed by atoms with E-state index in [1.807, 2.05) is 60.9 Å². The van der Waals surface area contributed by atoms with Crippen molar-refractivity contribution >= 4 is 56.4 Å². The van der Waals surface area contributed by atoms with Crippen LogP contribution in [-0.4, -0.2) is 47.6 Å². The van der Waals surface area contributed by atoms with Crippen molar-refractivity contribution < 1.29 is 0 Å². The van der Waals surface area contributed by atoms with Gasteiger partial charge in [0.2, 0.25) is 0 Å². The standard InChI is InChI=1S/C36H49Cl2N5/c1-2-3-4-5-6-7-8-9-10-11-12-13-24-43(25-22-41-33-18-20-39-35-27-29(37)14-16-31(33)35)26-23-42-34-19-21-40-36-28-30(38)15-17-32(34)36/h14-21,27-28H,2-13,22-26H2,1H3,(H,39,41)(H,40,42). The summed E-state index contributed by atoms with van der Waals surface area (Å²) in [5.74, 6) is 0. The molecule has 2 heterocycles. The van der Waals surface area contributed by atoms with Gasteiger partial charge >= 0.3 is 0 Å². The van der Waals surface area contributed by atoms with Crippen LogP contribution >= 0.6 is 23.2 Å².